The summed E-state index contributed by atoms with van der Waals surface area (Å²) in [5, 5.41) is 5.99. The van der Waals surface area contributed by atoms with E-state index >= 15 is 0 Å². The fourth-order valence-corrected chi connectivity index (χ4v) is 2.91. The standard InChI is InChI=1S/C9H16N4O3S/c10-9-8(5-11-13-9)17(14,15)12-4-7-2-1-3-16-6-7/h5,7,12H,1-4,6H2,(H3,10,11,13). The monoisotopic (exact) mass is 260 g/mol. The summed E-state index contributed by atoms with van der Waals surface area (Å²) in [7, 11) is -3.57. The highest BCUT2D eigenvalue weighted by atomic mass is 32.2. The number of H-pyrrole nitrogens is 1. The maximum Gasteiger partial charge on any atom is 0.245 e. The second kappa shape index (κ2) is 5.03. The third-order valence-corrected chi connectivity index (χ3v) is 4.19. The quantitative estimate of drug-likeness (QED) is 0.688. The molecule has 0 spiro atoms. The molecule has 4 N–H and O–H groups in total. The molecule has 2 heterocycles. The molecule has 1 aromatic rings. The lowest BCUT2D eigenvalue weighted by Gasteiger charge is -2.21. The van der Waals surface area contributed by atoms with Crippen molar-refractivity contribution in [3.63, 3.8) is 0 Å². The van der Waals surface area contributed by atoms with Crippen LogP contribution in [0.2, 0.25) is 0 Å². The largest absolute Gasteiger partial charge is 0.383 e. The van der Waals surface area contributed by atoms with Crippen molar-refractivity contribution in [2.75, 3.05) is 25.5 Å². The summed E-state index contributed by atoms with van der Waals surface area (Å²) in [5.74, 6) is 0.282. The van der Waals surface area contributed by atoms with Gasteiger partial charge in [-0.3, -0.25) is 5.10 Å². The first-order chi connectivity index (χ1) is 8.09. The fraction of sp³-hybridized carbons (Fsp3) is 0.667. The second-order valence-corrected chi connectivity index (χ2v) is 5.82. The summed E-state index contributed by atoms with van der Waals surface area (Å²) >= 11 is 0. The molecule has 1 aliphatic rings. The van der Waals surface area contributed by atoms with E-state index in [9.17, 15) is 8.42 Å². The van der Waals surface area contributed by atoms with Gasteiger partial charge in [0.2, 0.25) is 10.0 Å². The number of nitrogens with one attached hydrogen (secondary N) is 2. The molecule has 17 heavy (non-hydrogen) atoms. The maximum absolute atomic E-state index is 11.9. The molecule has 0 saturated carbocycles. The molecule has 0 amide bonds. The number of nitrogens with zero attached hydrogens (tertiary/aromatic N) is 1. The van der Waals surface area contributed by atoms with Crippen LogP contribution in [-0.2, 0) is 14.8 Å². The molecule has 1 aliphatic heterocycles. The average Bonchev–Trinajstić information content (AvgIpc) is 2.75. The zero-order valence-corrected chi connectivity index (χ0v) is 10.2. The van der Waals surface area contributed by atoms with Crippen molar-refractivity contribution < 1.29 is 13.2 Å². The lowest BCUT2D eigenvalue weighted by molar-refractivity contribution is 0.0568. The predicted molar refractivity (Wildman–Crippen MR) is 61.7 cm³/mol. The van der Waals surface area contributed by atoms with Gasteiger partial charge in [0.15, 0.2) is 0 Å². The van der Waals surface area contributed by atoms with Crippen LogP contribution in [0.4, 0.5) is 5.82 Å². The Morgan fingerprint density at radius 3 is 3.06 bits per heavy atom. The number of hydrogen-bond acceptors (Lipinski definition) is 5. The van der Waals surface area contributed by atoms with Crippen molar-refractivity contribution in [3.8, 4) is 0 Å². The highest BCUT2D eigenvalue weighted by molar-refractivity contribution is 7.89. The summed E-state index contributed by atoms with van der Waals surface area (Å²) in [6, 6.07) is 0. The smallest absolute Gasteiger partial charge is 0.245 e. The van der Waals surface area contributed by atoms with Crippen molar-refractivity contribution in [3.05, 3.63) is 6.20 Å². The van der Waals surface area contributed by atoms with Crippen molar-refractivity contribution in [1.29, 1.82) is 0 Å². The Morgan fingerprint density at radius 1 is 1.65 bits per heavy atom. The molecule has 0 aliphatic carbocycles. The van der Waals surface area contributed by atoms with Gasteiger partial charge >= 0.3 is 0 Å². The second-order valence-electron chi connectivity index (χ2n) is 4.08. The first kappa shape index (κ1) is 12.3. The van der Waals surface area contributed by atoms with Crippen LogP contribution >= 0.6 is 0 Å². The van der Waals surface area contributed by atoms with E-state index in [0.29, 0.717) is 13.2 Å². The van der Waals surface area contributed by atoms with Crippen molar-refractivity contribution in [2.24, 2.45) is 5.92 Å². The van der Waals surface area contributed by atoms with E-state index in [1.54, 1.807) is 0 Å². The molecule has 8 heteroatoms. The minimum atomic E-state index is -3.57. The van der Waals surface area contributed by atoms with Crippen LogP contribution in [0.5, 0.6) is 0 Å². The van der Waals surface area contributed by atoms with E-state index in [2.05, 4.69) is 14.9 Å². The minimum absolute atomic E-state index is 0.00534. The van der Waals surface area contributed by atoms with Crippen molar-refractivity contribution >= 4 is 15.8 Å². The third kappa shape index (κ3) is 2.96. The van der Waals surface area contributed by atoms with Gasteiger partial charge in [0.1, 0.15) is 10.7 Å². The molecule has 0 aromatic carbocycles. The Hall–Kier alpha value is -1.12. The van der Waals surface area contributed by atoms with Crippen molar-refractivity contribution in [1.82, 2.24) is 14.9 Å². The summed E-state index contributed by atoms with van der Waals surface area (Å²) in [5.41, 5.74) is 5.47. The minimum Gasteiger partial charge on any atom is -0.383 e. The van der Waals surface area contributed by atoms with Crippen LogP contribution < -0.4 is 10.5 Å². The van der Waals surface area contributed by atoms with Gasteiger partial charge in [0, 0.05) is 13.2 Å². The maximum atomic E-state index is 11.9. The Bertz CT molecular complexity index is 464. The zero-order valence-electron chi connectivity index (χ0n) is 9.35. The van der Waals surface area contributed by atoms with Gasteiger partial charge in [-0.15, -0.1) is 0 Å². The van der Waals surface area contributed by atoms with Gasteiger partial charge in [0.25, 0.3) is 0 Å². The van der Waals surface area contributed by atoms with E-state index in [1.807, 2.05) is 0 Å². The summed E-state index contributed by atoms with van der Waals surface area (Å²) < 4.78 is 31.5. The van der Waals surface area contributed by atoms with Crippen molar-refractivity contribution in [2.45, 2.75) is 17.7 Å². The van der Waals surface area contributed by atoms with Gasteiger partial charge in [-0.05, 0) is 18.8 Å². The highest BCUT2D eigenvalue weighted by Gasteiger charge is 2.22. The molecule has 0 radical (unpaired) electrons. The highest BCUT2D eigenvalue weighted by Crippen LogP contribution is 2.16. The number of aromatic nitrogens is 2. The molecule has 7 nitrogen and oxygen atoms in total. The van der Waals surface area contributed by atoms with E-state index in [0.717, 1.165) is 19.4 Å². The summed E-state index contributed by atoms with van der Waals surface area (Å²) in [4.78, 5) is -0.00534. The number of nitrogen functional groups attached to an aromatic ring is 1. The molecule has 1 unspecified atom stereocenters. The van der Waals surface area contributed by atoms with Crippen LogP contribution in [-0.4, -0.2) is 38.4 Å². The summed E-state index contributed by atoms with van der Waals surface area (Å²) in [6.07, 6.45) is 3.15. The third-order valence-electron chi connectivity index (χ3n) is 2.74. The Balaban J connectivity index is 1.96. The van der Waals surface area contributed by atoms with E-state index < -0.39 is 10.0 Å². The molecule has 1 saturated heterocycles. The lowest BCUT2D eigenvalue weighted by atomic mass is 10.0. The first-order valence-corrected chi connectivity index (χ1v) is 6.94. The van der Waals surface area contributed by atoms with Crippen LogP contribution in [0, 0.1) is 5.92 Å². The van der Waals surface area contributed by atoms with Gasteiger partial charge < -0.3 is 10.5 Å². The number of ether oxygens (including phenoxy) is 1. The molecule has 1 fully saturated rings. The Morgan fingerprint density at radius 2 is 2.47 bits per heavy atom. The van der Waals surface area contributed by atoms with Gasteiger partial charge in [-0.1, -0.05) is 0 Å². The van der Waals surface area contributed by atoms with E-state index in [4.69, 9.17) is 10.5 Å². The SMILES string of the molecule is Nc1[nH]ncc1S(=O)(=O)NCC1CCCOC1. The Kier molecular flexibility index (Phi) is 3.65. The van der Waals surface area contributed by atoms with Gasteiger partial charge in [-0.2, -0.15) is 5.10 Å². The number of sulfonamides is 1. The topological polar surface area (TPSA) is 110 Å². The number of anilines is 1. The normalized spacial score (nSPS) is 21.5. The molecule has 2 rings (SSSR count). The molecular formula is C9H16N4O3S. The first-order valence-electron chi connectivity index (χ1n) is 5.46. The van der Waals surface area contributed by atoms with E-state index in [1.165, 1.54) is 6.20 Å². The lowest BCUT2D eigenvalue weighted by Crippen LogP contribution is -2.33. The Labute approximate surface area is 99.8 Å². The predicted octanol–water partition coefficient (Wildman–Crippen LogP) is -0.303. The van der Waals surface area contributed by atoms with Crippen LogP contribution in [0.1, 0.15) is 12.8 Å². The number of hydrogen-bond donors (Lipinski definition) is 3. The summed E-state index contributed by atoms with van der Waals surface area (Å²) in [6.45, 7) is 1.73. The molecule has 1 aromatic heterocycles. The zero-order chi connectivity index (χ0) is 12.3. The van der Waals surface area contributed by atoms with Gasteiger partial charge in [0.05, 0.1) is 12.8 Å². The average molecular weight is 260 g/mol. The number of nitrogens with two attached hydrogens (primary N) is 1. The van der Waals surface area contributed by atoms with Crippen LogP contribution in [0.15, 0.2) is 11.1 Å². The number of rotatable bonds is 4. The number of aromatic amines is 1. The molecule has 96 valence electrons. The molecule has 1 atom stereocenters. The van der Waals surface area contributed by atoms with Gasteiger partial charge in [-0.25, -0.2) is 13.1 Å². The molecule has 0 bridgehead atoms. The van der Waals surface area contributed by atoms with E-state index in [-0.39, 0.29) is 16.6 Å². The van der Waals surface area contributed by atoms with Crippen LogP contribution in [0.3, 0.4) is 0 Å². The molecular weight excluding hydrogens is 244 g/mol. The van der Waals surface area contributed by atoms with Crippen LogP contribution in [0.25, 0.3) is 0 Å². The fourth-order valence-electron chi connectivity index (χ4n) is 1.77.